The lowest BCUT2D eigenvalue weighted by molar-refractivity contribution is 0.112. The molecule has 3 heteroatoms. The maximum Gasteiger partial charge on any atom is 0.150 e. The molecule has 0 bridgehead atoms. The lowest BCUT2D eigenvalue weighted by Gasteiger charge is -2.06. The summed E-state index contributed by atoms with van der Waals surface area (Å²) in [6, 6.07) is 14.8. The highest BCUT2D eigenvalue weighted by Crippen LogP contribution is 2.20. The number of aldehydes is 1. The van der Waals surface area contributed by atoms with Gasteiger partial charge in [0, 0.05) is 29.2 Å². The highest BCUT2D eigenvalue weighted by molar-refractivity contribution is 5.97. The van der Waals surface area contributed by atoms with E-state index in [1.807, 2.05) is 42.6 Å². The minimum Gasteiger partial charge on any atom is -0.508 e. The smallest absolute Gasteiger partial charge is 0.150 e. The third-order valence-corrected chi connectivity index (χ3v) is 3.26. The molecule has 0 saturated heterocycles. The molecule has 0 atom stereocenters. The fourth-order valence-electron chi connectivity index (χ4n) is 2.29. The summed E-state index contributed by atoms with van der Waals surface area (Å²) < 4.78 is 2.09. The fourth-order valence-corrected chi connectivity index (χ4v) is 2.29. The van der Waals surface area contributed by atoms with Crippen LogP contribution in [0, 0.1) is 0 Å². The Balaban J connectivity index is 2.02. The van der Waals surface area contributed by atoms with E-state index in [1.54, 1.807) is 12.1 Å². The van der Waals surface area contributed by atoms with Crippen molar-refractivity contribution in [2.45, 2.75) is 6.54 Å². The molecule has 1 aromatic heterocycles. The Morgan fingerprint density at radius 1 is 1.05 bits per heavy atom. The van der Waals surface area contributed by atoms with Crippen LogP contribution in [0.5, 0.6) is 5.75 Å². The predicted molar refractivity (Wildman–Crippen MR) is 74.5 cm³/mol. The number of hydrogen-bond acceptors (Lipinski definition) is 2. The molecule has 0 aliphatic heterocycles. The van der Waals surface area contributed by atoms with E-state index in [2.05, 4.69) is 4.57 Å². The zero-order valence-corrected chi connectivity index (χ0v) is 10.3. The summed E-state index contributed by atoms with van der Waals surface area (Å²) >= 11 is 0. The molecule has 0 aliphatic carbocycles. The average molecular weight is 251 g/mol. The number of hydrogen-bond donors (Lipinski definition) is 1. The number of phenols is 1. The third kappa shape index (κ3) is 2.10. The van der Waals surface area contributed by atoms with Crippen molar-refractivity contribution < 1.29 is 9.90 Å². The minimum atomic E-state index is 0.268. The van der Waals surface area contributed by atoms with Crippen LogP contribution in [-0.4, -0.2) is 16.0 Å². The van der Waals surface area contributed by atoms with Crippen molar-refractivity contribution in [3.8, 4) is 5.75 Å². The molecule has 2 aromatic carbocycles. The summed E-state index contributed by atoms with van der Waals surface area (Å²) in [6.45, 7) is 0.714. The van der Waals surface area contributed by atoms with Crippen molar-refractivity contribution in [3.63, 3.8) is 0 Å². The Labute approximate surface area is 110 Å². The molecule has 0 saturated carbocycles. The van der Waals surface area contributed by atoms with Crippen LogP contribution in [0.15, 0.2) is 54.7 Å². The largest absolute Gasteiger partial charge is 0.508 e. The van der Waals surface area contributed by atoms with E-state index < -0.39 is 0 Å². The number of fused-ring (bicyclic) bond motifs is 1. The Bertz CT molecular complexity index is 726. The highest BCUT2D eigenvalue weighted by atomic mass is 16.3. The van der Waals surface area contributed by atoms with Crippen LogP contribution in [0.3, 0.4) is 0 Å². The first-order chi connectivity index (χ1) is 9.28. The van der Waals surface area contributed by atoms with Crippen molar-refractivity contribution >= 4 is 17.2 Å². The Morgan fingerprint density at radius 2 is 1.84 bits per heavy atom. The van der Waals surface area contributed by atoms with Crippen LogP contribution in [-0.2, 0) is 6.54 Å². The first-order valence-electron chi connectivity index (χ1n) is 6.09. The highest BCUT2D eigenvalue weighted by Gasteiger charge is 2.05. The first-order valence-corrected chi connectivity index (χ1v) is 6.09. The van der Waals surface area contributed by atoms with E-state index in [9.17, 15) is 9.90 Å². The number of carbonyl (C=O) groups is 1. The summed E-state index contributed by atoms with van der Waals surface area (Å²) in [5, 5.41) is 10.2. The molecule has 0 amide bonds. The van der Waals surface area contributed by atoms with Gasteiger partial charge in [-0.3, -0.25) is 4.79 Å². The van der Waals surface area contributed by atoms with Gasteiger partial charge < -0.3 is 9.67 Å². The SMILES string of the molecule is O=Cc1cccc2c1ccn2Cc1ccc(O)cc1. The van der Waals surface area contributed by atoms with E-state index in [4.69, 9.17) is 0 Å². The Morgan fingerprint density at radius 3 is 2.58 bits per heavy atom. The van der Waals surface area contributed by atoms with Gasteiger partial charge in [0.1, 0.15) is 5.75 Å². The van der Waals surface area contributed by atoms with Crippen LogP contribution >= 0.6 is 0 Å². The maximum atomic E-state index is 11.0. The van der Waals surface area contributed by atoms with Crippen LogP contribution < -0.4 is 0 Å². The molecule has 0 unspecified atom stereocenters. The molecule has 94 valence electrons. The standard InChI is InChI=1S/C16H13NO2/c18-11-13-2-1-3-16-15(13)8-9-17(16)10-12-4-6-14(19)7-5-12/h1-9,11,19H,10H2. The lowest BCUT2D eigenvalue weighted by Crippen LogP contribution is -1.97. The van der Waals surface area contributed by atoms with Crippen LogP contribution in [0.1, 0.15) is 15.9 Å². The van der Waals surface area contributed by atoms with Crippen LogP contribution in [0.2, 0.25) is 0 Å². The monoisotopic (exact) mass is 251 g/mol. The van der Waals surface area contributed by atoms with E-state index in [1.165, 1.54) is 0 Å². The van der Waals surface area contributed by atoms with Gasteiger partial charge in [-0.1, -0.05) is 24.3 Å². The molecule has 1 N–H and O–H groups in total. The van der Waals surface area contributed by atoms with Gasteiger partial charge >= 0.3 is 0 Å². The van der Waals surface area contributed by atoms with Gasteiger partial charge in [0.25, 0.3) is 0 Å². The zero-order valence-electron chi connectivity index (χ0n) is 10.3. The molecule has 0 fully saturated rings. The van der Waals surface area contributed by atoms with Gasteiger partial charge in [0.2, 0.25) is 0 Å². The Hall–Kier alpha value is -2.55. The molecular weight excluding hydrogens is 238 g/mol. The van der Waals surface area contributed by atoms with Crippen molar-refractivity contribution in [2.75, 3.05) is 0 Å². The summed E-state index contributed by atoms with van der Waals surface area (Å²) in [5.41, 5.74) is 2.85. The van der Waals surface area contributed by atoms with E-state index in [-0.39, 0.29) is 5.75 Å². The second-order valence-corrected chi connectivity index (χ2v) is 4.51. The number of aromatic hydroxyl groups is 1. The number of benzene rings is 2. The number of phenolic OH excluding ortho intramolecular Hbond substituents is 1. The molecule has 0 aliphatic rings. The molecule has 19 heavy (non-hydrogen) atoms. The zero-order chi connectivity index (χ0) is 13.2. The van der Waals surface area contributed by atoms with E-state index in [0.29, 0.717) is 12.1 Å². The second-order valence-electron chi connectivity index (χ2n) is 4.51. The van der Waals surface area contributed by atoms with Gasteiger partial charge in [0.05, 0.1) is 0 Å². The van der Waals surface area contributed by atoms with E-state index in [0.717, 1.165) is 22.8 Å². The molecule has 0 radical (unpaired) electrons. The lowest BCUT2D eigenvalue weighted by atomic mass is 10.1. The molecule has 0 spiro atoms. The summed E-state index contributed by atoms with van der Waals surface area (Å²) in [5.74, 6) is 0.268. The topological polar surface area (TPSA) is 42.2 Å². The molecule has 3 aromatic rings. The molecule has 1 heterocycles. The van der Waals surface area contributed by atoms with Gasteiger partial charge in [-0.05, 0) is 29.8 Å². The molecule has 3 nitrogen and oxygen atoms in total. The summed E-state index contributed by atoms with van der Waals surface area (Å²) in [7, 11) is 0. The predicted octanol–water partition coefficient (Wildman–Crippen LogP) is 3.21. The maximum absolute atomic E-state index is 11.0. The van der Waals surface area contributed by atoms with Gasteiger partial charge in [-0.15, -0.1) is 0 Å². The van der Waals surface area contributed by atoms with Crippen LogP contribution in [0.25, 0.3) is 10.9 Å². The van der Waals surface area contributed by atoms with Gasteiger partial charge in [-0.2, -0.15) is 0 Å². The summed E-state index contributed by atoms with van der Waals surface area (Å²) in [4.78, 5) is 11.0. The van der Waals surface area contributed by atoms with Crippen molar-refractivity contribution in [2.24, 2.45) is 0 Å². The number of aromatic nitrogens is 1. The Kier molecular flexibility index (Phi) is 2.80. The number of rotatable bonds is 3. The minimum absolute atomic E-state index is 0.268. The van der Waals surface area contributed by atoms with Crippen molar-refractivity contribution in [1.82, 2.24) is 4.57 Å². The van der Waals surface area contributed by atoms with Gasteiger partial charge in [0.15, 0.2) is 6.29 Å². The first kappa shape index (κ1) is 11.5. The molecular formula is C16H13NO2. The van der Waals surface area contributed by atoms with Gasteiger partial charge in [-0.25, -0.2) is 0 Å². The molecule has 3 rings (SSSR count). The van der Waals surface area contributed by atoms with E-state index >= 15 is 0 Å². The summed E-state index contributed by atoms with van der Waals surface area (Å²) in [6.07, 6.45) is 2.86. The number of carbonyl (C=O) groups excluding carboxylic acids is 1. The van der Waals surface area contributed by atoms with Crippen LogP contribution in [0.4, 0.5) is 0 Å². The number of nitrogens with zero attached hydrogens (tertiary/aromatic N) is 1. The third-order valence-electron chi connectivity index (χ3n) is 3.26. The second kappa shape index (κ2) is 4.61. The fraction of sp³-hybridized carbons (Fsp3) is 0.0625. The quantitative estimate of drug-likeness (QED) is 0.726. The normalized spacial score (nSPS) is 10.7. The van der Waals surface area contributed by atoms with Crippen molar-refractivity contribution in [3.05, 3.63) is 65.9 Å². The average Bonchev–Trinajstić information content (AvgIpc) is 2.84. The van der Waals surface area contributed by atoms with Crippen molar-refractivity contribution in [1.29, 1.82) is 0 Å².